The molecule has 0 radical (unpaired) electrons. The van der Waals surface area contributed by atoms with Gasteiger partial charge in [-0.1, -0.05) is 13.8 Å². The Labute approximate surface area is 151 Å². The minimum absolute atomic E-state index is 0.0282. The number of hydrogen-bond donors (Lipinski definition) is 0. The second kappa shape index (κ2) is 8.45. The Morgan fingerprint density at radius 3 is 1.88 bits per heavy atom. The van der Waals surface area contributed by atoms with E-state index in [1.54, 1.807) is 12.1 Å². The van der Waals surface area contributed by atoms with Gasteiger partial charge < -0.3 is 19.1 Å². The highest BCUT2D eigenvalue weighted by atomic mass is 16.5. The van der Waals surface area contributed by atoms with Crippen molar-refractivity contribution >= 4 is 5.91 Å². The van der Waals surface area contributed by atoms with Crippen molar-refractivity contribution in [3.05, 3.63) is 17.7 Å². The van der Waals surface area contributed by atoms with E-state index in [-0.39, 0.29) is 5.91 Å². The van der Waals surface area contributed by atoms with Gasteiger partial charge in [0.05, 0.1) is 19.8 Å². The van der Waals surface area contributed by atoms with Gasteiger partial charge >= 0.3 is 0 Å². The molecule has 1 aliphatic heterocycles. The average Bonchev–Trinajstić information content (AvgIpc) is 2.57. The fourth-order valence-corrected chi connectivity index (χ4v) is 3.01. The molecule has 0 atom stereocenters. The van der Waals surface area contributed by atoms with Crippen molar-refractivity contribution in [3.63, 3.8) is 0 Å². The summed E-state index contributed by atoms with van der Waals surface area (Å²) in [5.41, 5.74) is 0.901. The van der Waals surface area contributed by atoms with Crippen LogP contribution in [0.1, 0.15) is 57.8 Å². The zero-order valence-corrected chi connectivity index (χ0v) is 16.2. The topological polar surface area (TPSA) is 48.0 Å². The summed E-state index contributed by atoms with van der Waals surface area (Å²) in [6, 6.07) is 3.55. The molecule has 0 aliphatic carbocycles. The summed E-state index contributed by atoms with van der Waals surface area (Å²) in [7, 11) is 0. The molecule has 0 saturated carbocycles. The minimum atomic E-state index is 0.0282. The largest absolute Gasteiger partial charge is 0.490 e. The SMILES string of the molecule is CCOc1cc(C(=O)N2CCC(C)(C)CC2)cc(OCC)c1OCC. The molecular formula is C20H31NO4. The summed E-state index contributed by atoms with van der Waals surface area (Å²) >= 11 is 0. The van der Waals surface area contributed by atoms with Crippen LogP contribution in [0.15, 0.2) is 12.1 Å². The predicted molar refractivity (Wildman–Crippen MR) is 98.9 cm³/mol. The number of piperidine rings is 1. The van der Waals surface area contributed by atoms with Crippen molar-refractivity contribution in [2.45, 2.75) is 47.5 Å². The summed E-state index contributed by atoms with van der Waals surface area (Å²) < 4.78 is 17.1. The van der Waals surface area contributed by atoms with Crippen LogP contribution in [0, 0.1) is 5.41 Å². The first-order valence-corrected chi connectivity index (χ1v) is 9.27. The van der Waals surface area contributed by atoms with Crippen molar-refractivity contribution in [1.82, 2.24) is 4.90 Å². The lowest BCUT2D eigenvalue weighted by molar-refractivity contribution is 0.0629. The molecule has 0 N–H and O–H groups in total. The third-order valence-electron chi connectivity index (χ3n) is 4.56. The minimum Gasteiger partial charge on any atom is -0.490 e. The maximum atomic E-state index is 13.0. The molecule has 0 bridgehead atoms. The van der Waals surface area contributed by atoms with Crippen molar-refractivity contribution in [2.24, 2.45) is 5.41 Å². The Balaban J connectivity index is 2.31. The molecule has 0 unspecified atom stereocenters. The highest BCUT2D eigenvalue weighted by Crippen LogP contribution is 2.40. The molecule has 1 aromatic rings. The van der Waals surface area contributed by atoms with E-state index in [2.05, 4.69) is 13.8 Å². The number of amides is 1. The molecule has 1 saturated heterocycles. The fraction of sp³-hybridized carbons (Fsp3) is 0.650. The van der Waals surface area contributed by atoms with Crippen LogP contribution >= 0.6 is 0 Å². The highest BCUT2D eigenvalue weighted by molar-refractivity contribution is 5.95. The Kier molecular flexibility index (Phi) is 6.57. The smallest absolute Gasteiger partial charge is 0.254 e. The van der Waals surface area contributed by atoms with Gasteiger partial charge in [0, 0.05) is 18.7 Å². The van der Waals surface area contributed by atoms with E-state index in [0.29, 0.717) is 48.0 Å². The van der Waals surface area contributed by atoms with Crippen molar-refractivity contribution in [2.75, 3.05) is 32.9 Å². The monoisotopic (exact) mass is 349 g/mol. The first-order valence-electron chi connectivity index (χ1n) is 9.27. The summed E-state index contributed by atoms with van der Waals surface area (Å²) in [5, 5.41) is 0. The number of nitrogens with zero attached hydrogens (tertiary/aromatic N) is 1. The quantitative estimate of drug-likeness (QED) is 0.742. The Bertz CT molecular complexity index is 560. The van der Waals surface area contributed by atoms with Crippen LogP contribution in [0.3, 0.4) is 0 Å². The predicted octanol–water partition coefficient (Wildman–Crippen LogP) is 4.14. The second-order valence-electron chi connectivity index (χ2n) is 7.06. The molecule has 140 valence electrons. The maximum absolute atomic E-state index is 13.0. The van der Waals surface area contributed by atoms with Gasteiger partial charge in [-0.05, 0) is 51.2 Å². The molecule has 1 aromatic carbocycles. The molecule has 5 heteroatoms. The normalized spacial score (nSPS) is 16.4. The van der Waals surface area contributed by atoms with E-state index in [4.69, 9.17) is 14.2 Å². The third kappa shape index (κ3) is 4.80. The van der Waals surface area contributed by atoms with Gasteiger partial charge in [-0.3, -0.25) is 4.79 Å². The van der Waals surface area contributed by atoms with Crippen LogP contribution in [-0.4, -0.2) is 43.7 Å². The van der Waals surface area contributed by atoms with Crippen LogP contribution in [-0.2, 0) is 0 Å². The number of likely N-dealkylation sites (tertiary alicyclic amines) is 1. The number of benzene rings is 1. The maximum Gasteiger partial charge on any atom is 0.254 e. The Morgan fingerprint density at radius 2 is 1.44 bits per heavy atom. The summed E-state index contributed by atoms with van der Waals surface area (Å²) in [4.78, 5) is 14.9. The van der Waals surface area contributed by atoms with Crippen molar-refractivity contribution < 1.29 is 19.0 Å². The van der Waals surface area contributed by atoms with Crippen molar-refractivity contribution in [1.29, 1.82) is 0 Å². The molecule has 0 spiro atoms. The molecular weight excluding hydrogens is 318 g/mol. The van der Waals surface area contributed by atoms with E-state index >= 15 is 0 Å². The molecule has 2 rings (SSSR count). The van der Waals surface area contributed by atoms with Gasteiger partial charge in [0.15, 0.2) is 11.5 Å². The number of carbonyl (C=O) groups excluding carboxylic acids is 1. The van der Waals surface area contributed by atoms with E-state index in [1.165, 1.54) is 0 Å². The van der Waals surface area contributed by atoms with Crippen LogP contribution < -0.4 is 14.2 Å². The number of ether oxygens (including phenoxy) is 3. The highest BCUT2D eigenvalue weighted by Gasteiger charge is 2.29. The van der Waals surface area contributed by atoms with Crippen LogP contribution in [0.25, 0.3) is 0 Å². The van der Waals surface area contributed by atoms with Crippen molar-refractivity contribution in [3.8, 4) is 17.2 Å². The summed E-state index contributed by atoms with van der Waals surface area (Å²) in [5.74, 6) is 1.73. The van der Waals surface area contributed by atoms with E-state index in [1.807, 2.05) is 25.7 Å². The van der Waals surface area contributed by atoms with E-state index in [9.17, 15) is 4.79 Å². The first kappa shape index (κ1) is 19.4. The molecule has 1 amide bonds. The van der Waals surface area contributed by atoms with Crippen LogP contribution in [0.5, 0.6) is 17.2 Å². The zero-order valence-electron chi connectivity index (χ0n) is 16.2. The van der Waals surface area contributed by atoms with E-state index in [0.717, 1.165) is 25.9 Å². The number of carbonyl (C=O) groups is 1. The lowest BCUT2D eigenvalue weighted by Crippen LogP contribution is -2.41. The van der Waals surface area contributed by atoms with Gasteiger partial charge in [0.25, 0.3) is 5.91 Å². The van der Waals surface area contributed by atoms with Crippen LogP contribution in [0.4, 0.5) is 0 Å². The van der Waals surface area contributed by atoms with Gasteiger partial charge in [0.1, 0.15) is 0 Å². The van der Waals surface area contributed by atoms with Gasteiger partial charge in [-0.25, -0.2) is 0 Å². The molecule has 0 aromatic heterocycles. The molecule has 25 heavy (non-hydrogen) atoms. The standard InChI is InChI=1S/C20H31NO4/c1-6-23-16-13-15(14-17(24-7-2)18(16)25-8-3)19(22)21-11-9-20(4,5)10-12-21/h13-14H,6-12H2,1-5H3. The van der Waals surface area contributed by atoms with E-state index < -0.39 is 0 Å². The second-order valence-corrected chi connectivity index (χ2v) is 7.06. The summed E-state index contributed by atoms with van der Waals surface area (Å²) in [6.07, 6.45) is 2.04. The van der Waals surface area contributed by atoms with Gasteiger partial charge in [-0.15, -0.1) is 0 Å². The number of hydrogen-bond acceptors (Lipinski definition) is 4. The molecule has 1 heterocycles. The first-order chi connectivity index (χ1) is 11.9. The summed E-state index contributed by atoms with van der Waals surface area (Å²) in [6.45, 7) is 13.3. The average molecular weight is 349 g/mol. The van der Waals surface area contributed by atoms with Gasteiger partial charge in [-0.2, -0.15) is 0 Å². The zero-order chi connectivity index (χ0) is 18.4. The number of rotatable bonds is 7. The molecule has 1 fully saturated rings. The van der Waals surface area contributed by atoms with Crippen LogP contribution in [0.2, 0.25) is 0 Å². The van der Waals surface area contributed by atoms with Gasteiger partial charge in [0.2, 0.25) is 5.75 Å². The Hall–Kier alpha value is -1.91. The molecule has 5 nitrogen and oxygen atoms in total. The third-order valence-corrected chi connectivity index (χ3v) is 4.56. The fourth-order valence-electron chi connectivity index (χ4n) is 3.01. The Morgan fingerprint density at radius 1 is 0.960 bits per heavy atom. The lowest BCUT2D eigenvalue weighted by Gasteiger charge is -2.37. The lowest BCUT2D eigenvalue weighted by atomic mass is 9.82. The molecule has 1 aliphatic rings.